The van der Waals surface area contributed by atoms with Crippen molar-refractivity contribution < 1.29 is 9.53 Å². The molecule has 0 spiro atoms. The van der Waals surface area contributed by atoms with Crippen molar-refractivity contribution >= 4 is 5.97 Å². The number of benzene rings is 1. The average Bonchev–Trinajstić information content (AvgIpc) is 3.05. The monoisotopic (exact) mass is 279 g/mol. The number of aromatic nitrogens is 3. The second-order valence-corrected chi connectivity index (χ2v) is 4.45. The zero-order valence-electron chi connectivity index (χ0n) is 11.4. The average molecular weight is 279 g/mol. The van der Waals surface area contributed by atoms with Crippen LogP contribution in [0.4, 0.5) is 0 Å². The number of rotatable bonds is 3. The molecule has 3 aromatic rings. The van der Waals surface area contributed by atoms with Gasteiger partial charge in [0.2, 0.25) is 0 Å². The molecule has 0 bridgehead atoms. The van der Waals surface area contributed by atoms with Crippen molar-refractivity contribution in [2.45, 2.75) is 0 Å². The minimum atomic E-state index is -0.356. The summed E-state index contributed by atoms with van der Waals surface area (Å²) in [4.78, 5) is 23.1. The lowest BCUT2D eigenvalue weighted by Gasteiger charge is -2.02. The molecule has 0 radical (unpaired) electrons. The number of hydrogen-bond acceptors (Lipinski definition) is 4. The highest BCUT2D eigenvalue weighted by Crippen LogP contribution is 2.22. The number of pyridine rings is 1. The maximum atomic E-state index is 11.6. The minimum Gasteiger partial charge on any atom is -0.465 e. The molecule has 5 heteroatoms. The van der Waals surface area contributed by atoms with Crippen LogP contribution in [-0.2, 0) is 4.74 Å². The van der Waals surface area contributed by atoms with Gasteiger partial charge in [0.05, 0.1) is 24.6 Å². The number of methoxy groups -OCH3 is 1. The number of esters is 1. The fraction of sp³-hybridized carbons (Fsp3) is 0.0625. The molecule has 3 rings (SSSR count). The highest BCUT2D eigenvalue weighted by molar-refractivity contribution is 5.90. The molecule has 0 amide bonds. The predicted octanol–water partition coefficient (Wildman–Crippen LogP) is 2.93. The number of imidazole rings is 1. The number of nitrogens with one attached hydrogen (secondary N) is 1. The Hall–Kier alpha value is -2.95. The number of ether oxygens (including phenoxy) is 1. The van der Waals surface area contributed by atoms with E-state index >= 15 is 0 Å². The van der Waals surface area contributed by atoms with Crippen molar-refractivity contribution in [3.05, 3.63) is 60.6 Å². The number of aromatic amines is 1. The number of H-pyrrole nitrogens is 1. The Labute approximate surface area is 121 Å². The van der Waals surface area contributed by atoms with Crippen LogP contribution in [-0.4, -0.2) is 28.0 Å². The van der Waals surface area contributed by atoms with E-state index in [0.717, 1.165) is 22.6 Å². The van der Waals surface area contributed by atoms with Gasteiger partial charge >= 0.3 is 5.97 Å². The van der Waals surface area contributed by atoms with Crippen LogP contribution in [0.25, 0.3) is 22.6 Å². The standard InChI is InChI=1S/C16H13N3O2/c1-21-16(20)13-4-2-3-12(9-13)14-10-18-15(19-14)11-5-7-17-8-6-11/h2-10H,1H3,(H,18,19). The molecule has 104 valence electrons. The van der Waals surface area contributed by atoms with E-state index in [0.29, 0.717) is 5.56 Å². The minimum absolute atomic E-state index is 0.356. The van der Waals surface area contributed by atoms with Crippen LogP contribution >= 0.6 is 0 Å². The highest BCUT2D eigenvalue weighted by Gasteiger charge is 2.09. The number of carbonyl (C=O) groups excluding carboxylic acids is 1. The smallest absolute Gasteiger partial charge is 0.337 e. The lowest BCUT2D eigenvalue weighted by molar-refractivity contribution is 0.0601. The summed E-state index contributed by atoms with van der Waals surface area (Å²) in [5.41, 5.74) is 3.19. The van der Waals surface area contributed by atoms with Gasteiger partial charge in [0.1, 0.15) is 5.82 Å². The summed E-state index contributed by atoms with van der Waals surface area (Å²) in [6.07, 6.45) is 5.18. The Morgan fingerprint density at radius 1 is 1.14 bits per heavy atom. The molecular formula is C16H13N3O2. The van der Waals surface area contributed by atoms with Gasteiger partial charge in [0.15, 0.2) is 0 Å². The van der Waals surface area contributed by atoms with Crippen LogP contribution in [0.1, 0.15) is 10.4 Å². The van der Waals surface area contributed by atoms with E-state index in [-0.39, 0.29) is 5.97 Å². The summed E-state index contributed by atoms with van der Waals surface area (Å²) in [5, 5.41) is 0. The summed E-state index contributed by atoms with van der Waals surface area (Å²) in [5.74, 6) is 0.404. The van der Waals surface area contributed by atoms with Crippen molar-refractivity contribution in [2.24, 2.45) is 0 Å². The van der Waals surface area contributed by atoms with E-state index in [9.17, 15) is 4.79 Å². The van der Waals surface area contributed by atoms with Crippen LogP contribution in [0.2, 0.25) is 0 Å². The van der Waals surface area contributed by atoms with Gasteiger partial charge < -0.3 is 9.72 Å². The molecule has 1 N–H and O–H groups in total. The third kappa shape index (κ3) is 2.67. The van der Waals surface area contributed by atoms with Crippen LogP contribution in [0.3, 0.4) is 0 Å². The topological polar surface area (TPSA) is 67.9 Å². The second-order valence-electron chi connectivity index (χ2n) is 4.45. The second kappa shape index (κ2) is 5.58. The van der Waals surface area contributed by atoms with Gasteiger partial charge in [-0.1, -0.05) is 12.1 Å². The summed E-state index contributed by atoms with van der Waals surface area (Å²) in [7, 11) is 1.37. The van der Waals surface area contributed by atoms with Gasteiger partial charge in [-0.25, -0.2) is 9.78 Å². The largest absolute Gasteiger partial charge is 0.465 e. The van der Waals surface area contributed by atoms with E-state index < -0.39 is 0 Å². The lowest BCUT2D eigenvalue weighted by atomic mass is 10.1. The molecule has 1 aromatic carbocycles. The zero-order chi connectivity index (χ0) is 14.7. The third-order valence-corrected chi connectivity index (χ3v) is 3.12. The number of hydrogen-bond donors (Lipinski definition) is 1. The molecular weight excluding hydrogens is 266 g/mol. The molecule has 0 unspecified atom stereocenters. The molecule has 0 saturated heterocycles. The van der Waals surface area contributed by atoms with Crippen LogP contribution in [0.5, 0.6) is 0 Å². The summed E-state index contributed by atoms with van der Waals surface area (Å²) in [6.45, 7) is 0. The van der Waals surface area contributed by atoms with E-state index in [1.807, 2.05) is 24.3 Å². The molecule has 0 aliphatic rings. The Kier molecular flexibility index (Phi) is 3.47. The van der Waals surface area contributed by atoms with Gasteiger partial charge in [-0.2, -0.15) is 0 Å². The normalized spacial score (nSPS) is 10.3. The number of nitrogens with zero attached hydrogens (tertiary/aromatic N) is 2. The van der Waals surface area contributed by atoms with Gasteiger partial charge in [-0.05, 0) is 24.3 Å². The Bertz CT molecular complexity index is 766. The van der Waals surface area contributed by atoms with Crippen molar-refractivity contribution in [1.82, 2.24) is 15.0 Å². The van der Waals surface area contributed by atoms with Gasteiger partial charge in [-0.15, -0.1) is 0 Å². The van der Waals surface area contributed by atoms with Gasteiger partial charge in [0.25, 0.3) is 0 Å². The zero-order valence-corrected chi connectivity index (χ0v) is 11.4. The molecule has 5 nitrogen and oxygen atoms in total. The van der Waals surface area contributed by atoms with Crippen LogP contribution in [0.15, 0.2) is 55.0 Å². The van der Waals surface area contributed by atoms with E-state index in [2.05, 4.69) is 15.0 Å². The molecule has 0 aliphatic heterocycles. The van der Waals surface area contributed by atoms with Crippen molar-refractivity contribution in [3.63, 3.8) is 0 Å². The molecule has 0 atom stereocenters. The van der Waals surface area contributed by atoms with Crippen LogP contribution < -0.4 is 0 Å². The van der Waals surface area contributed by atoms with Gasteiger partial charge in [0, 0.05) is 23.5 Å². The first-order chi connectivity index (χ1) is 10.3. The summed E-state index contributed by atoms with van der Waals surface area (Å²) >= 11 is 0. The van der Waals surface area contributed by atoms with Gasteiger partial charge in [-0.3, -0.25) is 4.98 Å². The summed E-state index contributed by atoms with van der Waals surface area (Å²) in [6, 6.07) is 11.0. The molecule has 21 heavy (non-hydrogen) atoms. The van der Waals surface area contributed by atoms with E-state index in [1.165, 1.54) is 7.11 Å². The molecule has 0 saturated carbocycles. The lowest BCUT2D eigenvalue weighted by Crippen LogP contribution is -2.00. The Balaban J connectivity index is 1.95. The fourth-order valence-electron chi connectivity index (χ4n) is 2.06. The SMILES string of the molecule is COC(=O)c1cccc(-c2cnc(-c3ccncc3)[nH]2)c1. The Morgan fingerprint density at radius 2 is 1.95 bits per heavy atom. The maximum absolute atomic E-state index is 11.6. The van der Waals surface area contributed by atoms with Crippen molar-refractivity contribution in [3.8, 4) is 22.6 Å². The van der Waals surface area contributed by atoms with Crippen molar-refractivity contribution in [1.29, 1.82) is 0 Å². The molecule has 0 aliphatic carbocycles. The Morgan fingerprint density at radius 3 is 2.71 bits per heavy atom. The first-order valence-corrected chi connectivity index (χ1v) is 6.42. The molecule has 2 heterocycles. The highest BCUT2D eigenvalue weighted by atomic mass is 16.5. The molecule has 2 aromatic heterocycles. The molecule has 0 fully saturated rings. The number of carbonyl (C=O) groups is 1. The van der Waals surface area contributed by atoms with E-state index in [4.69, 9.17) is 4.74 Å². The fourth-order valence-corrected chi connectivity index (χ4v) is 2.06. The maximum Gasteiger partial charge on any atom is 0.337 e. The first kappa shape index (κ1) is 13.1. The van der Waals surface area contributed by atoms with Crippen molar-refractivity contribution in [2.75, 3.05) is 7.11 Å². The van der Waals surface area contributed by atoms with Crippen LogP contribution in [0, 0.1) is 0 Å². The summed E-state index contributed by atoms with van der Waals surface area (Å²) < 4.78 is 4.73. The predicted molar refractivity (Wildman–Crippen MR) is 78.6 cm³/mol. The third-order valence-electron chi connectivity index (χ3n) is 3.12. The van der Waals surface area contributed by atoms with E-state index in [1.54, 1.807) is 30.7 Å². The first-order valence-electron chi connectivity index (χ1n) is 6.42. The quantitative estimate of drug-likeness (QED) is 0.748.